The fourth-order valence-corrected chi connectivity index (χ4v) is 14.4. The lowest BCUT2D eigenvalue weighted by molar-refractivity contribution is -0.273. The third-order valence-electron chi connectivity index (χ3n) is 17.4. The predicted octanol–water partition coefficient (Wildman–Crippen LogP) is 17.1. The van der Waals surface area contributed by atoms with Gasteiger partial charge in [0.15, 0.2) is 0 Å². The summed E-state index contributed by atoms with van der Waals surface area (Å²) in [6.07, 6.45) is 8.50. The highest BCUT2D eigenvalue weighted by Crippen LogP contribution is 2.80. The van der Waals surface area contributed by atoms with Gasteiger partial charge in [0.05, 0.1) is 11.0 Å². The molecule has 2 atom stereocenters. The molecule has 5 aliphatic rings. The number of aromatic nitrogens is 1. The molecular formula is C63H48N2O. The van der Waals surface area contributed by atoms with E-state index in [-0.39, 0.29) is 0 Å². The van der Waals surface area contributed by atoms with Crippen molar-refractivity contribution in [3.8, 4) is 27.9 Å². The van der Waals surface area contributed by atoms with Crippen molar-refractivity contribution in [3.05, 3.63) is 206 Å². The van der Waals surface area contributed by atoms with Gasteiger partial charge in [0.2, 0.25) is 0 Å². The lowest BCUT2D eigenvalue weighted by Gasteiger charge is -2.78. The van der Waals surface area contributed by atoms with E-state index in [0.29, 0.717) is 5.41 Å². The maximum atomic E-state index is 6.50. The zero-order valence-corrected chi connectivity index (χ0v) is 36.8. The molecule has 66 heavy (non-hydrogen) atoms. The molecular weight excluding hydrogens is 801 g/mol. The zero-order valence-electron chi connectivity index (χ0n) is 36.8. The molecule has 5 aliphatic carbocycles. The third-order valence-corrected chi connectivity index (χ3v) is 17.4. The average molecular weight is 849 g/mol. The third kappa shape index (κ3) is 5.09. The van der Waals surface area contributed by atoms with Crippen LogP contribution in [0.15, 0.2) is 205 Å². The second-order valence-corrected chi connectivity index (χ2v) is 20.2. The van der Waals surface area contributed by atoms with Gasteiger partial charge >= 0.3 is 0 Å². The Morgan fingerprint density at radius 2 is 1.17 bits per heavy atom. The SMILES string of the molecule is c1cc(-c2ccc(N(c3ccc(-c4cccc5c4oc4ccccc45)cc3)c3cccc(C45CCC67C(C[C@H]6C4)C[C@H]7C5)c3)cc2)cc(-n2c3ccccc3c3ccc4ccccc4c32)c1. The number of para-hydroxylation sites is 3. The van der Waals surface area contributed by atoms with Gasteiger partial charge in [-0.05, 0) is 155 Å². The number of fused-ring (bicyclic) bond motifs is 9. The zero-order chi connectivity index (χ0) is 43.1. The first kappa shape index (κ1) is 36.9. The van der Waals surface area contributed by atoms with Crippen LogP contribution in [0, 0.1) is 23.2 Å². The number of anilines is 3. The molecule has 0 radical (unpaired) electrons. The number of nitrogens with zero attached hydrogens (tertiary/aromatic N) is 2. The highest BCUT2D eigenvalue weighted by molar-refractivity contribution is 6.18. The summed E-state index contributed by atoms with van der Waals surface area (Å²) >= 11 is 0. The summed E-state index contributed by atoms with van der Waals surface area (Å²) in [4.78, 5) is 2.48. The first-order chi connectivity index (χ1) is 32.6. The summed E-state index contributed by atoms with van der Waals surface area (Å²) in [6, 6.07) is 74.2. The Bertz CT molecular complexity index is 3740. The minimum atomic E-state index is 0.302. The topological polar surface area (TPSA) is 21.3 Å². The minimum Gasteiger partial charge on any atom is -0.455 e. The number of hydrogen-bond donors (Lipinski definition) is 0. The summed E-state index contributed by atoms with van der Waals surface area (Å²) in [5, 5.41) is 7.38. The van der Waals surface area contributed by atoms with Crippen LogP contribution in [-0.2, 0) is 5.41 Å². The van der Waals surface area contributed by atoms with Gasteiger partial charge in [0.25, 0.3) is 0 Å². The highest BCUT2D eigenvalue weighted by atomic mass is 16.3. The van der Waals surface area contributed by atoms with Crippen LogP contribution >= 0.6 is 0 Å². The van der Waals surface area contributed by atoms with Crippen LogP contribution in [0.1, 0.15) is 44.1 Å². The number of rotatable bonds is 7. The Labute approximate surface area is 384 Å². The Morgan fingerprint density at radius 3 is 1.97 bits per heavy atom. The molecule has 5 fully saturated rings. The first-order valence-electron chi connectivity index (χ1n) is 24.2. The van der Waals surface area contributed by atoms with Crippen molar-refractivity contribution >= 4 is 71.6 Å². The lowest BCUT2D eigenvalue weighted by Crippen LogP contribution is -2.71. The molecule has 0 unspecified atom stereocenters. The molecule has 0 amide bonds. The first-order valence-corrected chi connectivity index (χ1v) is 24.2. The van der Waals surface area contributed by atoms with Gasteiger partial charge < -0.3 is 13.9 Å². The van der Waals surface area contributed by atoms with Crippen molar-refractivity contribution in [2.45, 2.75) is 43.9 Å². The van der Waals surface area contributed by atoms with Gasteiger partial charge in [0.1, 0.15) is 11.2 Å². The normalized spacial score (nSPS) is 22.8. The van der Waals surface area contributed by atoms with Gasteiger partial charge in [-0.15, -0.1) is 0 Å². The van der Waals surface area contributed by atoms with Gasteiger partial charge in [-0.1, -0.05) is 140 Å². The second-order valence-electron chi connectivity index (χ2n) is 20.2. The number of benzene rings is 9. The minimum absolute atomic E-state index is 0.302. The molecule has 9 aromatic carbocycles. The molecule has 3 heteroatoms. The van der Waals surface area contributed by atoms with Crippen molar-refractivity contribution in [1.82, 2.24) is 4.57 Å². The fraction of sp³-hybridized carbons (Fsp3) is 0.175. The number of hydrogen-bond acceptors (Lipinski definition) is 2. The van der Waals surface area contributed by atoms with E-state index in [2.05, 4.69) is 204 Å². The van der Waals surface area contributed by atoms with Crippen LogP contribution < -0.4 is 4.90 Å². The molecule has 5 saturated carbocycles. The molecule has 316 valence electrons. The smallest absolute Gasteiger partial charge is 0.143 e. The van der Waals surface area contributed by atoms with Gasteiger partial charge in [0, 0.05) is 55.2 Å². The maximum Gasteiger partial charge on any atom is 0.143 e. The average Bonchev–Trinajstić information content (AvgIpc) is 3.93. The molecule has 1 spiro atoms. The van der Waals surface area contributed by atoms with E-state index in [9.17, 15) is 0 Å². The van der Waals surface area contributed by atoms with Crippen molar-refractivity contribution in [2.24, 2.45) is 23.2 Å². The summed E-state index contributed by atoms with van der Waals surface area (Å²) < 4.78 is 8.96. The molecule has 2 bridgehead atoms. The van der Waals surface area contributed by atoms with E-state index in [0.717, 1.165) is 73.3 Å². The predicted molar refractivity (Wildman–Crippen MR) is 273 cm³/mol. The Kier molecular flexibility index (Phi) is 7.60. The van der Waals surface area contributed by atoms with E-state index in [1.165, 1.54) is 87.9 Å². The van der Waals surface area contributed by atoms with Crippen LogP contribution in [0.25, 0.3) is 82.5 Å². The largest absolute Gasteiger partial charge is 0.455 e. The maximum absolute atomic E-state index is 6.50. The van der Waals surface area contributed by atoms with E-state index >= 15 is 0 Å². The van der Waals surface area contributed by atoms with E-state index in [1.54, 1.807) is 5.56 Å². The fourth-order valence-electron chi connectivity index (χ4n) is 14.4. The second kappa shape index (κ2) is 13.6. The van der Waals surface area contributed by atoms with Gasteiger partial charge in [-0.2, -0.15) is 0 Å². The monoisotopic (exact) mass is 848 g/mol. The molecule has 2 heterocycles. The van der Waals surface area contributed by atoms with Crippen LogP contribution in [0.3, 0.4) is 0 Å². The van der Waals surface area contributed by atoms with E-state index in [4.69, 9.17) is 4.42 Å². The molecule has 16 rings (SSSR count). The summed E-state index contributed by atoms with van der Waals surface area (Å²) in [5.74, 6) is 2.91. The standard InChI is InChI=1S/C63H48N2O/c1-2-15-52-41(10-1)26-31-56-54-16-3-5-20-58(54)65(60(52)56)50-13-7-11-43(34-50)40-22-27-48(28-23-40)64(51-14-8-12-44(37-51)62-32-33-63-45(35-46(63)38-62)36-47(63)39-62)49-29-24-42(25-30-49)53-18-9-19-57-55-17-4-6-21-59(55)66-61(53)57/h1-31,34,37,45-47H,32-33,35-36,38-39H2/t45?,46-,47-,62?,63?/m0/s1. The Balaban J connectivity index is 0.829. The van der Waals surface area contributed by atoms with Crippen LogP contribution in [0.4, 0.5) is 17.1 Å². The van der Waals surface area contributed by atoms with Gasteiger partial charge in [-0.25, -0.2) is 0 Å². The highest BCUT2D eigenvalue weighted by Gasteiger charge is 2.73. The quantitative estimate of drug-likeness (QED) is 0.159. The number of furan rings is 1. The van der Waals surface area contributed by atoms with E-state index in [1.807, 2.05) is 6.07 Å². The van der Waals surface area contributed by atoms with Gasteiger partial charge in [-0.3, -0.25) is 0 Å². The molecule has 0 saturated heterocycles. The molecule has 0 N–H and O–H groups in total. The van der Waals surface area contributed by atoms with Crippen LogP contribution in [-0.4, -0.2) is 4.57 Å². The molecule has 0 aliphatic heterocycles. The Hall–Kier alpha value is -7.36. The van der Waals surface area contributed by atoms with Crippen molar-refractivity contribution < 1.29 is 4.42 Å². The van der Waals surface area contributed by atoms with Crippen molar-refractivity contribution in [2.75, 3.05) is 4.90 Å². The van der Waals surface area contributed by atoms with E-state index < -0.39 is 0 Å². The van der Waals surface area contributed by atoms with Crippen LogP contribution in [0.5, 0.6) is 0 Å². The van der Waals surface area contributed by atoms with Crippen molar-refractivity contribution in [1.29, 1.82) is 0 Å². The summed E-state index contributed by atoms with van der Waals surface area (Å²) in [5.41, 5.74) is 16.3. The lowest BCUT2D eigenvalue weighted by atomic mass is 9.26. The summed E-state index contributed by atoms with van der Waals surface area (Å²) in [7, 11) is 0. The van der Waals surface area contributed by atoms with Crippen LogP contribution in [0.2, 0.25) is 0 Å². The molecule has 2 aromatic heterocycles. The van der Waals surface area contributed by atoms with Crippen molar-refractivity contribution in [3.63, 3.8) is 0 Å². The Morgan fingerprint density at radius 1 is 0.470 bits per heavy atom. The summed E-state index contributed by atoms with van der Waals surface area (Å²) in [6.45, 7) is 0. The molecule has 11 aromatic rings. The molecule has 3 nitrogen and oxygen atoms in total.